The quantitative estimate of drug-likeness (QED) is 0.671. The molecule has 0 aliphatic carbocycles. The molecule has 0 saturated carbocycles. The summed E-state index contributed by atoms with van der Waals surface area (Å²) >= 11 is 0. The number of benzene rings is 1. The van der Waals surface area contributed by atoms with Crippen LogP contribution in [0, 0.1) is 17.2 Å². The van der Waals surface area contributed by atoms with E-state index in [1.807, 2.05) is 0 Å². The van der Waals surface area contributed by atoms with E-state index in [1.165, 1.54) is 11.1 Å². The molecule has 0 amide bonds. The molecule has 1 aromatic rings. The predicted molar refractivity (Wildman–Crippen MR) is 59.3 cm³/mol. The van der Waals surface area contributed by atoms with Gasteiger partial charge in [-0.1, -0.05) is 48.9 Å². The van der Waals surface area contributed by atoms with Crippen LogP contribution in [-0.4, -0.2) is 6.54 Å². The number of aryl methyl sites for hydroxylation is 1. The van der Waals surface area contributed by atoms with Gasteiger partial charge >= 0.3 is 0 Å². The minimum atomic E-state index is -0.0322. The number of hydrogen-bond acceptors (Lipinski definition) is 2. The molecule has 1 aromatic carbocycles. The molecule has 2 nitrogen and oxygen atoms in total. The van der Waals surface area contributed by atoms with E-state index < -0.39 is 0 Å². The van der Waals surface area contributed by atoms with Gasteiger partial charge < -0.3 is 0 Å². The summed E-state index contributed by atoms with van der Waals surface area (Å²) in [7, 11) is 0. The van der Waals surface area contributed by atoms with Crippen molar-refractivity contribution in [3.05, 3.63) is 40.3 Å². The number of rotatable bonds is 4. The fourth-order valence-electron chi connectivity index (χ4n) is 1.61. The summed E-state index contributed by atoms with van der Waals surface area (Å²) < 4.78 is 0. The molecule has 0 aliphatic heterocycles. The largest absolute Gasteiger partial charge is 0.151 e. The second-order valence-electron chi connectivity index (χ2n) is 4.62. The summed E-state index contributed by atoms with van der Waals surface area (Å²) in [5.41, 5.74) is 2.51. The van der Waals surface area contributed by atoms with Crippen LogP contribution in [0.15, 0.2) is 29.4 Å². The third-order valence-electron chi connectivity index (χ3n) is 2.26. The Bertz CT molecular complexity index is 318. The second kappa shape index (κ2) is 4.36. The second-order valence-corrected chi connectivity index (χ2v) is 4.62. The van der Waals surface area contributed by atoms with Crippen molar-refractivity contribution in [2.75, 3.05) is 6.54 Å². The first-order chi connectivity index (χ1) is 6.53. The highest BCUT2D eigenvalue weighted by Crippen LogP contribution is 2.22. The lowest BCUT2D eigenvalue weighted by Gasteiger charge is -2.20. The zero-order chi connectivity index (χ0) is 10.6. The SMILES string of the molecule is Cc1cccc(CC(C)(C)CN=O)c1. The number of hydrogen-bond donors (Lipinski definition) is 0. The summed E-state index contributed by atoms with van der Waals surface area (Å²) in [6.45, 7) is 6.59. The van der Waals surface area contributed by atoms with Crippen molar-refractivity contribution in [2.24, 2.45) is 10.6 Å². The van der Waals surface area contributed by atoms with Crippen LogP contribution in [0.3, 0.4) is 0 Å². The molecule has 76 valence electrons. The van der Waals surface area contributed by atoms with Crippen molar-refractivity contribution in [3.63, 3.8) is 0 Å². The van der Waals surface area contributed by atoms with Gasteiger partial charge in [0.15, 0.2) is 0 Å². The van der Waals surface area contributed by atoms with Gasteiger partial charge in [-0.3, -0.25) is 0 Å². The summed E-state index contributed by atoms with van der Waals surface area (Å²) in [5, 5.41) is 2.98. The van der Waals surface area contributed by atoms with E-state index in [0.29, 0.717) is 6.54 Å². The van der Waals surface area contributed by atoms with Gasteiger partial charge in [-0.15, -0.1) is 0 Å². The van der Waals surface area contributed by atoms with Gasteiger partial charge in [-0.05, 0) is 24.3 Å². The van der Waals surface area contributed by atoms with E-state index in [0.717, 1.165) is 6.42 Å². The Balaban J connectivity index is 2.72. The standard InChI is InChI=1S/C12H17NO/c1-10-5-4-6-11(7-10)8-12(2,3)9-13-14/h4-7H,8-9H2,1-3H3. The van der Waals surface area contributed by atoms with Crippen LogP contribution in [0.4, 0.5) is 0 Å². The molecule has 0 unspecified atom stereocenters. The Hall–Kier alpha value is -1.18. The monoisotopic (exact) mass is 191 g/mol. The Morgan fingerprint density at radius 1 is 1.36 bits per heavy atom. The molecule has 0 N–H and O–H groups in total. The normalized spacial score (nSPS) is 11.4. The zero-order valence-corrected chi connectivity index (χ0v) is 9.08. The van der Waals surface area contributed by atoms with Crippen LogP contribution in [-0.2, 0) is 6.42 Å². The van der Waals surface area contributed by atoms with Crippen LogP contribution in [0.5, 0.6) is 0 Å². The lowest BCUT2D eigenvalue weighted by atomic mass is 9.85. The van der Waals surface area contributed by atoms with Gasteiger partial charge in [0.05, 0.1) is 6.54 Å². The van der Waals surface area contributed by atoms with E-state index in [2.05, 4.69) is 50.2 Å². The van der Waals surface area contributed by atoms with Crippen LogP contribution in [0.2, 0.25) is 0 Å². The lowest BCUT2D eigenvalue weighted by molar-refractivity contribution is 0.377. The third kappa shape index (κ3) is 3.29. The molecule has 0 fully saturated rings. The molecule has 0 saturated heterocycles. The van der Waals surface area contributed by atoms with Crippen LogP contribution < -0.4 is 0 Å². The van der Waals surface area contributed by atoms with Gasteiger partial charge in [0.2, 0.25) is 0 Å². The molecule has 0 aromatic heterocycles. The van der Waals surface area contributed by atoms with Gasteiger partial charge in [0.25, 0.3) is 0 Å². The van der Waals surface area contributed by atoms with Crippen molar-refractivity contribution in [2.45, 2.75) is 27.2 Å². The van der Waals surface area contributed by atoms with Crippen molar-refractivity contribution in [1.29, 1.82) is 0 Å². The first kappa shape index (κ1) is 10.9. The van der Waals surface area contributed by atoms with Gasteiger partial charge in [0.1, 0.15) is 0 Å². The Morgan fingerprint density at radius 2 is 2.07 bits per heavy atom. The fourth-order valence-corrected chi connectivity index (χ4v) is 1.61. The maximum absolute atomic E-state index is 10.2. The van der Waals surface area contributed by atoms with Crippen LogP contribution in [0.25, 0.3) is 0 Å². The number of nitroso groups, excluding NO2 is 1. The van der Waals surface area contributed by atoms with Crippen molar-refractivity contribution >= 4 is 0 Å². The molecule has 1 rings (SSSR count). The maximum Gasteiger partial charge on any atom is 0.0865 e. The molecule has 0 bridgehead atoms. The highest BCUT2D eigenvalue weighted by Gasteiger charge is 2.18. The summed E-state index contributed by atoms with van der Waals surface area (Å²) in [4.78, 5) is 10.2. The summed E-state index contributed by atoms with van der Waals surface area (Å²) in [6.07, 6.45) is 0.903. The van der Waals surface area contributed by atoms with Gasteiger partial charge in [-0.2, -0.15) is 4.91 Å². The molecule has 0 radical (unpaired) electrons. The first-order valence-corrected chi connectivity index (χ1v) is 4.88. The Morgan fingerprint density at radius 3 is 2.64 bits per heavy atom. The average Bonchev–Trinajstić information content (AvgIpc) is 2.02. The van der Waals surface area contributed by atoms with E-state index in [-0.39, 0.29) is 5.41 Å². The summed E-state index contributed by atoms with van der Waals surface area (Å²) in [5.74, 6) is 0. The Kier molecular flexibility index (Phi) is 3.39. The van der Waals surface area contributed by atoms with Gasteiger partial charge in [-0.25, -0.2) is 0 Å². The minimum absolute atomic E-state index is 0.0322. The van der Waals surface area contributed by atoms with Gasteiger partial charge in [0, 0.05) is 0 Å². The molecule has 0 aliphatic rings. The van der Waals surface area contributed by atoms with E-state index in [9.17, 15) is 4.91 Å². The van der Waals surface area contributed by atoms with E-state index in [1.54, 1.807) is 0 Å². The highest BCUT2D eigenvalue weighted by atomic mass is 16.3. The molecular weight excluding hydrogens is 174 g/mol. The van der Waals surface area contributed by atoms with Crippen molar-refractivity contribution < 1.29 is 0 Å². The zero-order valence-electron chi connectivity index (χ0n) is 9.08. The van der Waals surface area contributed by atoms with Crippen molar-refractivity contribution in [1.82, 2.24) is 0 Å². The first-order valence-electron chi connectivity index (χ1n) is 4.88. The summed E-state index contributed by atoms with van der Waals surface area (Å²) in [6, 6.07) is 8.38. The molecular formula is C12H17NO. The molecule has 0 spiro atoms. The number of nitrogens with zero attached hydrogens (tertiary/aromatic N) is 1. The van der Waals surface area contributed by atoms with Crippen molar-refractivity contribution in [3.8, 4) is 0 Å². The topological polar surface area (TPSA) is 29.4 Å². The van der Waals surface area contributed by atoms with E-state index in [4.69, 9.17) is 0 Å². The average molecular weight is 191 g/mol. The fraction of sp³-hybridized carbons (Fsp3) is 0.500. The predicted octanol–water partition coefficient (Wildman–Crippen LogP) is 3.33. The lowest BCUT2D eigenvalue weighted by Crippen LogP contribution is -2.18. The van der Waals surface area contributed by atoms with Crippen LogP contribution >= 0.6 is 0 Å². The smallest absolute Gasteiger partial charge is 0.0865 e. The molecule has 0 heterocycles. The molecule has 2 heteroatoms. The molecule has 0 atom stereocenters. The minimum Gasteiger partial charge on any atom is -0.151 e. The molecule has 14 heavy (non-hydrogen) atoms. The third-order valence-corrected chi connectivity index (χ3v) is 2.26. The maximum atomic E-state index is 10.2. The van der Waals surface area contributed by atoms with Crippen LogP contribution in [0.1, 0.15) is 25.0 Å². The Labute approximate surface area is 85.3 Å². The highest BCUT2D eigenvalue weighted by molar-refractivity contribution is 5.23. The van der Waals surface area contributed by atoms with E-state index >= 15 is 0 Å².